The van der Waals surface area contributed by atoms with Crippen LogP contribution in [0, 0.1) is 5.92 Å². The molecule has 3 nitrogen and oxygen atoms in total. The van der Waals surface area contributed by atoms with Crippen molar-refractivity contribution in [2.75, 3.05) is 13.1 Å². The fourth-order valence-electron chi connectivity index (χ4n) is 4.40. The standard InChI is InChI=1S/C18H21NO2S2/c1-14-13-15-5-2-3-6-16(15)18(14)8-10-19(11-9-18)23(20,21)17-7-4-12-22-17/h2-7,12,14H,8-11,13H2,1H3. The van der Waals surface area contributed by atoms with Crippen LogP contribution in [0.15, 0.2) is 46.0 Å². The summed E-state index contributed by atoms with van der Waals surface area (Å²) in [5.74, 6) is 0.589. The summed E-state index contributed by atoms with van der Waals surface area (Å²) in [6.07, 6.45) is 2.97. The highest BCUT2D eigenvalue weighted by Gasteiger charge is 2.47. The van der Waals surface area contributed by atoms with Gasteiger partial charge in [0, 0.05) is 18.5 Å². The first-order valence-corrected chi connectivity index (χ1v) is 10.5. The summed E-state index contributed by atoms with van der Waals surface area (Å²) < 4.78 is 27.6. The zero-order valence-corrected chi connectivity index (χ0v) is 14.9. The van der Waals surface area contributed by atoms with Crippen molar-refractivity contribution < 1.29 is 8.42 Å². The molecule has 0 amide bonds. The Hall–Kier alpha value is -1.17. The van der Waals surface area contributed by atoms with E-state index in [1.165, 1.54) is 22.5 Å². The lowest BCUT2D eigenvalue weighted by Crippen LogP contribution is -2.46. The number of fused-ring (bicyclic) bond motifs is 2. The van der Waals surface area contributed by atoms with Crippen LogP contribution >= 0.6 is 11.3 Å². The predicted molar refractivity (Wildman–Crippen MR) is 93.3 cm³/mol. The molecule has 5 heteroatoms. The third-order valence-electron chi connectivity index (χ3n) is 5.73. The van der Waals surface area contributed by atoms with Crippen LogP contribution in [0.3, 0.4) is 0 Å². The van der Waals surface area contributed by atoms with E-state index < -0.39 is 10.0 Å². The highest BCUT2D eigenvalue weighted by Crippen LogP contribution is 2.50. The first-order chi connectivity index (χ1) is 11.0. The number of thiophene rings is 1. The quantitative estimate of drug-likeness (QED) is 0.831. The topological polar surface area (TPSA) is 37.4 Å². The molecule has 122 valence electrons. The van der Waals surface area contributed by atoms with Gasteiger partial charge in [-0.05, 0) is 47.8 Å². The highest BCUT2D eigenvalue weighted by atomic mass is 32.2. The van der Waals surface area contributed by atoms with Crippen LogP contribution in [0.2, 0.25) is 0 Å². The van der Waals surface area contributed by atoms with E-state index in [0.717, 1.165) is 19.3 Å². The van der Waals surface area contributed by atoms with Crippen LogP contribution in [-0.4, -0.2) is 25.8 Å². The molecule has 0 saturated carbocycles. The molecular weight excluding hydrogens is 326 g/mol. The molecule has 1 aromatic carbocycles. The Kier molecular flexibility index (Phi) is 3.63. The number of hydrogen-bond donors (Lipinski definition) is 0. The van der Waals surface area contributed by atoms with Crippen molar-refractivity contribution in [3.8, 4) is 0 Å². The van der Waals surface area contributed by atoms with E-state index in [9.17, 15) is 8.42 Å². The Morgan fingerprint density at radius 2 is 1.87 bits per heavy atom. The number of nitrogens with zero attached hydrogens (tertiary/aromatic N) is 1. The van der Waals surface area contributed by atoms with Gasteiger partial charge < -0.3 is 0 Å². The third-order valence-corrected chi connectivity index (χ3v) is 9.00. The van der Waals surface area contributed by atoms with Gasteiger partial charge in [-0.15, -0.1) is 11.3 Å². The lowest BCUT2D eigenvalue weighted by Gasteiger charge is -2.42. The molecule has 1 spiro atoms. The molecule has 4 rings (SSSR count). The van der Waals surface area contributed by atoms with Gasteiger partial charge in [-0.3, -0.25) is 0 Å². The minimum atomic E-state index is -3.31. The fraction of sp³-hybridized carbons (Fsp3) is 0.444. The largest absolute Gasteiger partial charge is 0.252 e. The van der Waals surface area contributed by atoms with E-state index in [-0.39, 0.29) is 5.41 Å². The van der Waals surface area contributed by atoms with Crippen molar-refractivity contribution in [3.05, 3.63) is 52.9 Å². The molecule has 1 atom stereocenters. The molecular formula is C18H21NO2S2. The number of hydrogen-bond acceptors (Lipinski definition) is 3. The molecule has 1 aliphatic heterocycles. The Morgan fingerprint density at radius 1 is 1.13 bits per heavy atom. The van der Waals surface area contributed by atoms with E-state index in [2.05, 4.69) is 31.2 Å². The van der Waals surface area contributed by atoms with Gasteiger partial charge in [-0.1, -0.05) is 37.3 Å². The number of sulfonamides is 1. The summed E-state index contributed by atoms with van der Waals surface area (Å²) in [7, 11) is -3.31. The fourth-order valence-corrected chi connectivity index (χ4v) is 6.99. The highest BCUT2D eigenvalue weighted by molar-refractivity contribution is 7.91. The van der Waals surface area contributed by atoms with E-state index in [1.54, 1.807) is 16.4 Å². The van der Waals surface area contributed by atoms with Crippen LogP contribution in [0.4, 0.5) is 0 Å². The van der Waals surface area contributed by atoms with Crippen molar-refractivity contribution in [3.63, 3.8) is 0 Å². The summed E-state index contributed by atoms with van der Waals surface area (Å²) in [4.78, 5) is 0. The summed E-state index contributed by atoms with van der Waals surface area (Å²) in [5.41, 5.74) is 3.08. The first kappa shape index (κ1) is 15.4. The van der Waals surface area contributed by atoms with Gasteiger partial charge in [0.15, 0.2) is 0 Å². The molecule has 1 aliphatic carbocycles. The summed E-state index contributed by atoms with van der Waals surface area (Å²) in [6, 6.07) is 12.2. The number of piperidine rings is 1. The van der Waals surface area contributed by atoms with E-state index in [0.29, 0.717) is 23.2 Å². The molecule has 23 heavy (non-hydrogen) atoms. The lowest BCUT2D eigenvalue weighted by atomic mass is 9.69. The van der Waals surface area contributed by atoms with Crippen molar-refractivity contribution in [1.82, 2.24) is 4.31 Å². The van der Waals surface area contributed by atoms with Gasteiger partial charge in [0.1, 0.15) is 4.21 Å². The molecule has 1 unspecified atom stereocenters. The molecule has 0 N–H and O–H groups in total. The molecule has 2 heterocycles. The maximum atomic E-state index is 12.7. The smallest absolute Gasteiger partial charge is 0.206 e. The molecule has 0 bridgehead atoms. The average molecular weight is 348 g/mol. The van der Waals surface area contributed by atoms with Crippen molar-refractivity contribution in [2.45, 2.75) is 35.8 Å². The average Bonchev–Trinajstić information content (AvgIpc) is 3.17. The normalized spacial score (nSPS) is 24.0. The second-order valence-corrected chi connectivity index (χ2v) is 9.87. The Labute approximate surface area is 142 Å². The van der Waals surface area contributed by atoms with Crippen molar-refractivity contribution in [2.24, 2.45) is 5.92 Å². The maximum Gasteiger partial charge on any atom is 0.252 e. The minimum Gasteiger partial charge on any atom is -0.206 e. The number of rotatable bonds is 2. The lowest BCUT2D eigenvalue weighted by molar-refractivity contribution is 0.185. The third kappa shape index (κ3) is 2.29. The van der Waals surface area contributed by atoms with Crippen molar-refractivity contribution in [1.29, 1.82) is 0 Å². The predicted octanol–water partition coefficient (Wildman–Crippen LogP) is 3.66. The second kappa shape index (κ2) is 5.43. The molecule has 2 aromatic rings. The Bertz CT molecular complexity index is 803. The van der Waals surface area contributed by atoms with E-state index >= 15 is 0 Å². The minimum absolute atomic E-state index is 0.165. The first-order valence-electron chi connectivity index (χ1n) is 8.16. The van der Waals surface area contributed by atoms with Gasteiger partial charge in [0.2, 0.25) is 0 Å². The monoisotopic (exact) mass is 347 g/mol. The van der Waals surface area contributed by atoms with Gasteiger partial charge >= 0.3 is 0 Å². The Balaban J connectivity index is 1.61. The summed E-state index contributed by atoms with van der Waals surface area (Å²) in [6.45, 7) is 3.57. The molecule has 1 saturated heterocycles. The zero-order valence-electron chi connectivity index (χ0n) is 13.2. The van der Waals surface area contributed by atoms with Gasteiger partial charge in [0.05, 0.1) is 0 Å². The summed E-state index contributed by atoms with van der Waals surface area (Å²) >= 11 is 1.31. The van der Waals surface area contributed by atoms with Gasteiger partial charge in [-0.25, -0.2) is 8.42 Å². The van der Waals surface area contributed by atoms with Crippen LogP contribution in [0.25, 0.3) is 0 Å². The van der Waals surface area contributed by atoms with Gasteiger partial charge in [0.25, 0.3) is 10.0 Å². The van der Waals surface area contributed by atoms with Crippen LogP contribution < -0.4 is 0 Å². The van der Waals surface area contributed by atoms with E-state index in [4.69, 9.17) is 0 Å². The van der Waals surface area contributed by atoms with Crippen LogP contribution in [0.1, 0.15) is 30.9 Å². The van der Waals surface area contributed by atoms with E-state index in [1.807, 2.05) is 5.38 Å². The zero-order chi connectivity index (χ0) is 16.1. The van der Waals surface area contributed by atoms with Crippen LogP contribution in [-0.2, 0) is 21.9 Å². The van der Waals surface area contributed by atoms with Crippen LogP contribution in [0.5, 0.6) is 0 Å². The maximum absolute atomic E-state index is 12.7. The number of benzene rings is 1. The molecule has 1 aromatic heterocycles. The molecule has 1 fully saturated rings. The molecule has 0 radical (unpaired) electrons. The van der Waals surface area contributed by atoms with Gasteiger partial charge in [-0.2, -0.15) is 4.31 Å². The SMILES string of the molecule is CC1Cc2ccccc2C12CCN(S(=O)(=O)c1cccs1)CC2. The molecule has 2 aliphatic rings. The van der Waals surface area contributed by atoms with Crippen molar-refractivity contribution >= 4 is 21.4 Å². The second-order valence-electron chi connectivity index (χ2n) is 6.75. The Morgan fingerprint density at radius 3 is 2.57 bits per heavy atom. The summed E-state index contributed by atoms with van der Waals surface area (Å²) in [5, 5.41) is 1.83.